The van der Waals surface area contributed by atoms with Crippen molar-refractivity contribution in [3.8, 4) is 0 Å². The number of hydrogen-bond donors (Lipinski definition) is 3. The van der Waals surface area contributed by atoms with E-state index >= 15 is 0 Å². The average Bonchev–Trinajstić information content (AvgIpc) is 2.56. The van der Waals surface area contributed by atoms with Crippen LogP contribution in [-0.2, 0) is 22.0 Å². The van der Waals surface area contributed by atoms with Crippen molar-refractivity contribution >= 4 is 21.6 Å². The van der Waals surface area contributed by atoms with Crippen molar-refractivity contribution in [1.82, 2.24) is 9.71 Å². The molecule has 1 atom stereocenters. The first kappa shape index (κ1) is 17.5. The van der Waals surface area contributed by atoms with E-state index in [-0.39, 0.29) is 11.4 Å². The van der Waals surface area contributed by atoms with Crippen LogP contribution < -0.4 is 15.8 Å². The standard InChI is InChI=1S/C16H17FN4O3S/c1-19-25(23,24)9-16(18)7-10-2-4-12(6-13(10)16)21-15(22)14-5-3-11(17)8-20-14/h2-6,8,19H,7,9,18H2,1H3,(H,21,22)/t16-/m0/s1. The van der Waals surface area contributed by atoms with E-state index in [2.05, 4.69) is 15.0 Å². The fourth-order valence-electron chi connectivity index (χ4n) is 2.85. The van der Waals surface area contributed by atoms with Gasteiger partial charge in [0.25, 0.3) is 5.91 Å². The van der Waals surface area contributed by atoms with Crippen molar-refractivity contribution in [2.75, 3.05) is 18.1 Å². The predicted molar refractivity (Wildman–Crippen MR) is 91.0 cm³/mol. The Bertz CT molecular complexity index is 931. The molecule has 1 aliphatic carbocycles. The highest BCUT2D eigenvalue weighted by molar-refractivity contribution is 7.89. The summed E-state index contributed by atoms with van der Waals surface area (Å²) in [6.45, 7) is 0. The number of carbonyl (C=O) groups excluding carboxylic acids is 1. The van der Waals surface area contributed by atoms with E-state index in [4.69, 9.17) is 5.73 Å². The molecule has 0 fully saturated rings. The predicted octanol–water partition coefficient (Wildman–Crippen LogP) is 0.732. The van der Waals surface area contributed by atoms with Crippen LogP contribution in [0, 0.1) is 5.82 Å². The highest BCUT2D eigenvalue weighted by atomic mass is 32.2. The molecule has 0 spiro atoms. The van der Waals surface area contributed by atoms with Crippen LogP contribution in [0.1, 0.15) is 21.6 Å². The van der Waals surface area contributed by atoms with Gasteiger partial charge in [-0.05, 0) is 48.9 Å². The second-order valence-electron chi connectivity index (χ2n) is 5.98. The van der Waals surface area contributed by atoms with Crippen LogP contribution in [0.2, 0.25) is 0 Å². The molecule has 1 heterocycles. The molecule has 1 aliphatic rings. The van der Waals surface area contributed by atoms with E-state index in [1.54, 1.807) is 18.2 Å². The third-order valence-electron chi connectivity index (χ3n) is 4.13. The number of nitrogens with zero attached hydrogens (tertiary/aromatic N) is 1. The van der Waals surface area contributed by atoms with Gasteiger partial charge in [-0.2, -0.15) is 0 Å². The molecule has 1 aromatic heterocycles. The Hall–Kier alpha value is -2.36. The number of nitrogens with one attached hydrogen (secondary N) is 2. The number of amides is 1. The van der Waals surface area contributed by atoms with Gasteiger partial charge in [0.1, 0.15) is 11.5 Å². The summed E-state index contributed by atoms with van der Waals surface area (Å²) in [7, 11) is -2.13. The van der Waals surface area contributed by atoms with Crippen LogP contribution in [0.4, 0.5) is 10.1 Å². The molecule has 3 rings (SSSR count). The monoisotopic (exact) mass is 364 g/mol. The molecule has 0 unspecified atom stereocenters. The Morgan fingerprint density at radius 1 is 1.36 bits per heavy atom. The third kappa shape index (κ3) is 3.53. The number of aromatic nitrogens is 1. The van der Waals surface area contributed by atoms with E-state index in [9.17, 15) is 17.6 Å². The maximum absolute atomic E-state index is 12.9. The molecule has 1 aromatic carbocycles. The molecule has 0 saturated heterocycles. The van der Waals surface area contributed by atoms with Crippen molar-refractivity contribution in [2.45, 2.75) is 12.0 Å². The van der Waals surface area contributed by atoms with Gasteiger partial charge >= 0.3 is 0 Å². The molecule has 7 nitrogen and oxygen atoms in total. The minimum absolute atomic E-state index is 0.0702. The molecule has 2 aromatic rings. The van der Waals surface area contributed by atoms with Crippen LogP contribution in [-0.4, -0.2) is 32.1 Å². The summed E-state index contributed by atoms with van der Waals surface area (Å²) in [6, 6.07) is 7.57. The van der Waals surface area contributed by atoms with Gasteiger partial charge in [-0.15, -0.1) is 0 Å². The first-order valence-corrected chi connectivity index (χ1v) is 9.14. The van der Waals surface area contributed by atoms with Crippen LogP contribution in [0.15, 0.2) is 36.5 Å². The average molecular weight is 364 g/mol. The largest absolute Gasteiger partial charge is 0.321 e. The molecule has 25 heavy (non-hydrogen) atoms. The van der Waals surface area contributed by atoms with E-state index in [0.29, 0.717) is 17.7 Å². The molecule has 0 bridgehead atoms. The zero-order valence-corrected chi connectivity index (χ0v) is 14.2. The summed E-state index contributed by atoms with van der Waals surface area (Å²) in [4.78, 5) is 15.9. The van der Waals surface area contributed by atoms with Gasteiger partial charge in [-0.3, -0.25) is 4.79 Å². The van der Waals surface area contributed by atoms with Crippen molar-refractivity contribution in [2.24, 2.45) is 5.73 Å². The van der Waals surface area contributed by atoms with Gasteiger partial charge in [0, 0.05) is 5.69 Å². The number of rotatable bonds is 5. The molecule has 1 amide bonds. The Balaban J connectivity index is 1.80. The Morgan fingerprint density at radius 3 is 2.76 bits per heavy atom. The van der Waals surface area contributed by atoms with E-state index in [0.717, 1.165) is 17.8 Å². The van der Waals surface area contributed by atoms with Gasteiger partial charge in [-0.25, -0.2) is 22.5 Å². The maximum atomic E-state index is 12.9. The molecule has 0 saturated carbocycles. The van der Waals surface area contributed by atoms with Crippen LogP contribution in [0.5, 0.6) is 0 Å². The third-order valence-corrected chi connectivity index (χ3v) is 5.65. The lowest BCUT2D eigenvalue weighted by molar-refractivity contribution is 0.102. The minimum atomic E-state index is -3.47. The van der Waals surface area contributed by atoms with E-state index < -0.39 is 27.3 Å². The minimum Gasteiger partial charge on any atom is -0.321 e. The molecule has 132 valence electrons. The van der Waals surface area contributed by atoms with Crippen molar-refractivity contribution < 1.29 is 17.6 Å². The zero-order chi connectivity index (χ0) is 18.2. The molecule has 0 aliphatic heterocycles. The lowest BCUT2D eigenvalue weighted by atomic mass is 9.72. The number of fused-ring (bicyclic) bond motifs is 1. The first-order chi connectivity index (χ1) is 11.7. The summed E-state index contributed by atoms with van der Waals surface area (Å²) in [5, 5.41) is 2.65. The second kappa shape index (κ2) is 6.17. The lowest BCUT2D eigenvalue weighted by Crippen LogP contribution is -2.53. The Morgan fingerprint density at radius 2 is 2.12 bits per heavy atom. The number of anilines is 1. The normalized spacial score (nSPS) is 19.0. The molecule has 0 radical (unpaired) electrons. The maximum Gasteiger partial charge on any atom is 0.274 e. The van der Waals surface area contributed by atoms with Crippen LogP contribution in [0.3, 0.4) is 0 Å². The summed E-state index contributed by atoms with van der Waals surface area (Å²) in [6.07, 6.45) is 1.40. The smallest absolute Gasteiger partial charge is 0.274 e. The van der Waals surface area contributed by atoms with E-state index in [1.807, 2.05) is 0 Å². The fraction of sp³-hybridized carbons (Fsp3) is 0.250. The zero-order valence-electron chi connectivity index (χ0n) is 13.4. The Labute approximate surface area is 144 Å². The summed E-state index contributed by atoms with van der Waals surface area (Å²) < 4.78 is 38.7. The van der Waals surface area contributed by atoms with Crippen molar-refractivity contribution in [3.63, 3.8) is 0 Å². The topological polar surface area (TPSA) is 114 Å². The summed E-state index contributed by atoms with van der Waals surface area (Å²) >= 11 is 0. The van der Waals surface area contributed by atoms with E-state index in [1.165, 1.54) is 13.1 Å². The van der Waals surface area contributed by atoms with Gasteiger partial charge in [0.15, 0.2) is 0 Å². The van der Waals surface area contributed by atoms with Gasteiger partial charge in [0.05, 0.1) is 17.5 Å². The highest BCUT2D eigenvalue weighted by Crippen LogP contribution is 2.39. The first-order valence-electron chi connectivity index (χ1n) is 7.49. The van der Waals surface area contributed by atoms with Gasteiger partial charge in [0.2, 0.25) is 10.0 Å². The molecular weight excluding hydrogens is 347 g/mol. The number of benzene rings is 1. The SMILES string of the molecule is CNS(=O)(=O)C[C@@]1(N)Cc2ccc(NC(=O)c3ccc(F)cn3)cc21. The highest BCUT2D eigenvalue weighted by Gasteiger charge is 2.42. The number of hydrogen-bond acceptors (Lipinski definition) is 5. The number of carbonyl (C=O) groups is 1. The fourth-order valence-corrected chi connectivity index (χ4v) is 3.93. The number of sulfonamides is 1. The molecule has 9 heteroatoms. The molecular formula is C16H17FN4O3S. The summed E-state index contributed by atoms with van der Waals surface area (Å²) in [5.74, 6) is -1.26. The van der Waals surface area contributed by atoms with Gasteiger partial charge < -0.3 is 11.1 Å². The number of halogens is 1. The van der Waals surface area contributed by atoms with Crippen molar-refractivity contribution in [1.29, 1.82) is 0 Å². The van der Waals surface area contributed by atoms with Crippen LogP contribution in [0.25, 0.3) is 0 Å². The molecule has 4 N–H and O–H groups in total. The lowest BCUT2D eigenvalue weighted by Gasteiger charge is -2.40. The van der Waals surface area contributed by atoms with Crippen molar-refractivity contribution in [3.05, 3.63) is 59.2 Å². The Kier molecular flexibility index (Phi) is 4.31. The summed E-state index contributed by atoms with van der Waals surface area (Å²) in [5.41, 5.74) is 7.37. The second-order valence-corrected chi connectivity index (χ2v) is 7.91. The van der Waals surface area contributed by atoms with Crippen LogP contribution >= 0.6 is 0 Å². The quantitative estimate of drug-likeness (QED) is 0.724. The van der Waals surface area contributed by atoms with Gasteiger partial charge in [-0.1, -0.05) is 6.07 Å². The number of nitrogens with two attached hydrogens (primary N) is 1. The number of pyridine rings is 1.